The summed E-state index contributed by atoms with van der Waals surface area (Å²) in [5.74, 6) is -0.732. The van der Waals surface area contributed by atoms with E-state index in [1.165, 1.54) is 17.0 Å². The molecule has 5 nitrogen and oxygen atoms in total. The third-order valence-electron chi connectivity index (χ3n) is 4.69. The Morgan fingerprint density at radius 1 is 1.04 bits per heavy atom. The molecule has 3 aromatic rings. The summed E-state index contributed by atoms with van der Waals surface area (Å²) >= 11 is 0. The molecule has 0 atom stereocenters. The zero-order valence-electron chi connectivity index (χ0n) is 16.0. The van der Waals surface area contributed by atoms with Gasteiger partial charge in [0.15, 0.2) is 0 Å². The molecule has 0 spiro atoms. The van der Waals surface area contributed by atoms with Crippen LogP contribution in [0.2, 0.25) is 0 Å². The molecule has 2 aromatic carbocycles. The number of amides is 1. The van der Waals surface area contributed by atoms with Gasteiger partial charge in [-0.25, -0.2) is 4.39 Å². The molecule has 0 saturated carbocycles. The predicted molar refractivity (Wildman–Crippen MR) is 106 cm³/mol. The van der Waals surface area contributed by atoms with Gasteiger partial charge in [-0.1, -0.05) is 18.2 Å². The molecular formula is C22H23FN2O3. The average Bonchev–Trinajstić information content (AvgIpc) is 3.08. The number of carbonyl (C=O) groups is 2. The number of nitrogens with zero attached hydrogens (tertiary/aromatic N) is 2. The van der Waals surface area contributed by atoms with Crippen molar-refractivity contribution in [3.8, 4) is 5.75 Å². The zero-order valence-corrected chi connectivity index (χ0v) is 16.0. The maximum absolute atomic E-state index is 13.0. The average molecular weight is 382 g/mol. The lowest BCUT2D eigenvalue weighted by molar-refractivity contribution is -0.126. The fraction of sp³-hybridized carbons (Fsp3) is 0.273. The first-order chi connectivity index (χ1) is 13.5. The normalized spacial score (nSPS) is 10.8. The number of benzene rings is 2. The second-order valence-corrected chi connectivity index (χ2v) is 6.36. The summed E-state index contributed by atoms with van der Waals surface area (Å²) in [7, 11) is 0. The second-order valence-electron chi connectivity index (χ2n) is 6.36. The number of aromatic nitrogens is 1. The highest BCUT2D eigenvalue weighted by molar-refractivity contribution is 6.44. The van der Waals surface area contributed by atoms with Crippen molar-refractivity contribution in [2.45, 2.75) is 20.4 Å². The van der Waals surface area contributed by atoms with Gasteiger partial charge in [-0.05, 0) is 44.2 Å². The van der Waals surface area contributed by atoms with Crippen LogP contribution in [0.4, 0.5) is 4.39 Å². The third kappa shape index (κ3) is 4.06. The molecule has 0 aliphatic rings. The fourth-order valence-electron chi connectivity index (χ4n) is 3.18. The summed E-state index contributed by atoms with van der Waals surface area (Å²) in [5.41, 5.74) is 1.26. The second kappa shape index (κ2) is 8.69. The van der Waals surface area contributed by atoms with Gasteiger partial charge in [-0.2, -0.15) is 0 Å². The van der Waals surface area contributed by atoms with Crippen LogP contribution in [-0.2, 0) is 11.3 Å². The molecule has 3 rings (SSSR count). The number of ether oxygens (including phenoxy) is 1. The highest BCUT2D eigenvalue weighted by atomic mass is 19.1. The highest BCUT2D eigenvalue weighted by Gasteiger charge is 2.24. The van der Waals surface area contributed by atoms with Crippen LogP contribution >= 0.6 is 0 Å². The standard InChI is InChI=1S/C22H23FN2O3/c1-3-24(4-2)22(27)21(26)19-15-25(20-8-6-5-7-18(19)20)13-14-28-17-11-9-16(23)10-12-17/h5-12,15H,3-4,13-14H2,1-2H3. The molecule has 0 aliphatic carbocycles. The zero-order chi connectivity index (χ0) is 20.1. The number of ketones is 1. The number of halogens is 1. The minimum atomic E-state index is -0.502. The first kappa shape index (κ1) is 19.6. The summed E-state index contributed by atoms with van der Waals surface area (Å²) in [5, 5.41) is 0.745. The van der Waals surface area contributed by atoms with Crippen LogP contribution in [-0.4, -0.2) is 40.9 Å². The lowest BCUT2D eigenvalue weighted by Crippen LogP contribution is -2.36. The molecule has 1 aromatic heterocycles. The van der Waals surface area contributed by atoms with Gasteiger partial charge in [0.2, 0.25) is 0 Å². The van der Waals surface area contributed by atoms with Gasteiger partial charge in [-0.3, -0.25) is 9.59 Å². The van der Waals surface area contributed by atoms with Gasteiger partial charge < -0.3 is 14.2 Å². The first-order valence-electron chi connectivity index (χ1n) is 9.35. The molecular weight excluding hydrogens is 359 g/mol. The van der Waals surface area contributed by atoms with E-state index in [-0.39, 0.29) is 5.82 Å². The van der Waals surface area contributed by atoms with Gasteiger partial charge in [0.1, 0.15) is 18.2 Å². The van der Waals surface area contributed by atoms with Crippen molar-refractivity contribution < 1.29 is 18.7 Å². The Bertz CT molecular complexity index is 975. The molecule has 6 heteroatoms. The maximum atomic E-state index is 13.0. The van der Waals surface area contributed by atoms with E-state index in [4.69, 9.17) is 4.74 Å². The Kier molecular flexibility index (Phi) is 6.09. The molecule has 146 valence electrons. The van der Waals surface area contributed by atoms with E-state index in [9.17, 15) is 14.0 Å². The maximum Gasteiger partial charge on any atom is 0.295 e. The predicted octanol–water partition coefficient (Wildman–Crippen LogP) is 3.91. The van der Waals surface area contributed by atoms with Crippen LogP contribution < -0.4 is 4.74 Å². The van der Waals surface area contributed by atoms with Crippen molar-refractivity contribution in [3.63, 3.8) is 0 Å². The van der Waals surface area contributed by atoms with E-state index >= 15 is 0 Å². The molecule has 0 unspecified atom stereocenters. The summed E-state index contributed by atoms with van der Waals surface area (Å²) in [6.45, 7) is 5.53. The topological polar surface area (TPSA) is 51.5 Å². The van der Waals surface area contributed by atoms with Crippen LogP contribution in [0.3, 0.4) is 0 Å². The third-order valence-corrected chi connectivity index (χ3v) is 4.69. The first-order valence-corrected chi connectivity index (χ1v) is 9.35. The molecule has 0 N–H and O–H groups in total. The molecule has 1 amide bonds. The number of Topliss-reactive ketones (excluding diaryl/α,β-unsaturated/α-hetero) is 1. The smallest absolute Gasteiger partial charge is 0.295 e. The quantitative estimate of drug-likeness (QED) is 0.438. The van der Waals surface area contributed by atoms with E-state index < -0.39 is 11.7 Å². The van der Waals surface area contributed by atoms with Crippen molar-refractivity contribution in [1.82, 2.24) is 9.47 Å². The van der Waals surface area contributed by atoms with Crippen molar-refractivity contribution in [2.75, 3.05) is 19.7 Å². The van der Waals surface area contributed by atoms with E-state index in [1.54, 1.807) is 18.3 Å². The molecule has 1 heterocycles. The number of hydrogen-bond donors (Lipinski definition) is 0. The number of para-hydroxylation sites is 1. The van der Waals surface area contributed by atoms with Gasteiger partial charge in [-0.15, -0.1) is 0 Å². The number of likely N-dealkylation sites (N-methyl/N-ethyl adjacent to an activating group) is 1. The van der Waals surface area contributed by atoms with Crippen LogP contribution in [0.25, 0.3) is 10.9 Å². The summed E-state index contributed by atoms with van der Waals surface area (Å²) in [6.07, 6.45) is 1.71. The summed E-state index contributed by atoms with van der Waals surface area (Å²) < 4.78 is 20.5. The fourth-order valence-corrected chi connectivity index (χ4v) is 3.18. The molecule has 0 bridgehead atoms. The Balaban J connectivity index is 1.81. The van der Waals surface area contributed by atoms with Crippen molar-refractivity contribution in [3.05, 3.63) is 66.1 Å². The van der Waals surface area contributed by atoms with Crippen LogP contribution in [0, 0.1) is 5.82 Å². The van der Waals surface area contributed by atoms with Crippen molar-refractivity contribution >= 4 is 22.6 Å². The molecule has 0 saturated heterocycles. The molecule has 0 radical (unpaired) electrons. The Morgan fingerprint density at radius 2 is 1.71 bits per heavy atom. The Morgan fingerprint density at radius 3 is 2.39 bits per heavy atom. The van der Waals surface area contributed by atoms with Gasteiger partial charge >= 0.3 is 0 Å². The van der Waals surface area contributed by atoms with Crippen LogP contribution in [0.1, 0.15) is 24.2 Å². The molecule has 28 heavy (non-hydrogen) atoms. The minimum Gasteiger partial charge on any atom is -0.492 e. The van der Waals surface area contributed by atoms with Crippen molar-refractivity contribution in [2.24, 2.45) is 0 Å². The summed E-state index contributed by atoms with van der Waals surface area (Å²) in [4.78, 5) is 26.8. The highest BCUT2D eigenvalue weighted by Crippen LogP contribution is 2.23. The van der Waals surface area contributed by atoms with Gasteiger partial charge in [0, 0.05) is 30.2 Å². The van der Waals surface area contributed by atoms with Gasteiger partial charge in [0.05, 0.1) is 12.1 Å². The Labute approximate surface area is 163 Å². The minimum absolute atomic E-state index is 0.315. The van der Waals surface area contributed by atoms with Crippen LogP contribution in [0.15, 0.2) is 54.7 Å². The number of rotatable bonds is 8. The van der Waals surface area contributed by atoms with E-state index in [0.717, 1.165) is 10.9 Å². The summed E-state index contributed by atoms with van der Waals surface area (Å²) in [6, 6.07) is 13.3. The van der Waals surface area contributed by atoms with Crippen LogP contribution in [0.5, 0.6) is 5.75 Å². The largest absolute Gasteiger partial charge is 0.492 e. The SMILES string of the molecule is CCN(CC)C(=O)C(=O)c1cn(CCOc2ccc(F)cc2)c2ccccc12. The number of carbonyl (C=O) groups excluding carboxylic acids is 2. The molecule has 0 fully saturated rings. The van der Waals surface area contributed by atoms with E-state index in [0.29, 0.717) is 37.6 Å². The lowest BCUT2D eigenvalue weighted by Gasteiger charge is -2.17. The number of hydrogen-bond acceptors (Lipinski definition) is 3. The van der Waals surface area contributed by atoms with Gasteiger partial charge in [0.25, 0.3) is 11.7 Å². The lowest BCUT2D eigenvalue weighted by atomic mass is 10.1. The number of fused-ring (bicyclic) bond motifs is 1. The van der Waals surface area contributed by atoms with Crippen molar-refractivity contribution in [1.29, 1.82) is 0 Å². The van der Waals surface area contributed by atoms with E-state index in [2.05, 4.69) is 0 Å². The molecule has 0 aliphatic heterocycles. The monoisotopic (exact) mass is 382 g/mol. The Hall–Kier alpha value is -3.15. The van der Waals surface area contributed by atoms with E-state index in [1.807, 2.05) is 42.7 Å².